The summed E-state index contributed by atoms with van der Waals surface area (Å²) in [7, 11) is 0. The van der Waals surface area contributed by atoms with Crippen LogP contribution in [0, 0.1) is 0 Å². The predicted octanol–water partition coefficient (Wildman–Crippen LogP) is 3.09. The highest BCUT2D eigenvalue weighted by atomic mass is 127. The van der Waals surface area contributed by atoms with Crippen molar-refractivity contribution in [2.45, 2.75) is 39.3 Å². The van der Waals surface area contributed by atoms with Gasteiger partial charge < -0.3 is 15.4 Å². The maximum atomic E-state index is 5.69. The molecular weight excluding hydrogens is 435 g/mol. The predicted molar refractivity (Wildman–Crippen MR) is 114 cm³/mol. The summed E-state index contributed by atoms with van der Waals surface area (Å²) in [5, 5.41) is 8.86. The van der Waals surface area contributed by atoms with Gasteiger partial charge in [0, 0.05) is 31.1 Å². The van der Waals surface area contributed by atoms with Crippen LogP contribution in [0.1, 0.15) is 38.1 Å². The monoisotopic (exact) mass is 466 g/mol. The molecule has 1 saturated heterocycles. The number of ether oxygens (including phenoxy) is 1. The molecule has 2 atom stereocenters. The van der Waals surface area contributed by atoms with E-state index in [0.717, 1.165) is 51.7 Å². The van der Waals surface area contributed by atoms with Gasteiger partial charge in [0.15, 0.2) is 5.96 Å². The van der Waals surface area contributed by atoms with E-state index >= 15 is 0 Å². The van der Waals surface area contributed by atoms with Crippen LogP contribution in [-0.2, 0) is 4.74 Å². The van der Waals surface area contributed by atoms with Gasteiger partial charge in [-0.2, -0.15) is 0 Å². The number of guanidine groups is 1. The summed E-state index contributed by atoms with van der Waals surface area (Å²) >= 11 is 1.82. The summed E-state index contributed by atoms with van der Waals surface area (Å²) in [6.45, 7) is 11.8. The van der Waals surface area contributed by atoms with Crippen molar-refractivity contribution in [3.8, 4) is 0 Å². The van der Waals surface area contributed by atoms with E-state index in [1.807, 2.05) is 11.3 Å². The van der Waals surface area contributed by atoms with Crippen LogP contribution < -0.4 is 10.6 Å². The summed E-state index contributed by atoms with van der Waals surface area (Å²) in [6.07, 6.45) is 1.39. The molecule has 2 rings (SSSR count). The molecule has 2 N–H and O–H groups in total. The fourth-order valence-electron chi connectivity index (χ4n) is 2.76. The zero-order valence-corrected chi connectivity index (χ0v) is 18.1. The Morgan fingerprint density at radius 3 is 2.92 bits per heavy atom. The van der Waals surface area contributed by atoms with Crippen LogP contribution in [0.5, 0.6) is 0 Å². The number of hydrogen-bond donors (Lipinski definition) is 2. The molecule has 0 saturated carbocycles. The van der Waals surface area contributed by atoms with Crippen molar-refractivity contribution in [1.29, 1.82) is 0 Å². The first-order valence-corrected chi connectivity index (χ1v) is 9.53. The van der Waals surface area contributed by atoms with Gasteiger partial charge in [-0.3, -0.25) is 9.89 Å². The Balaban J connectivity index is 0.00000288. The molecule has 0 bridgehead atoms. The number of nitrogens with one attached hydrogen (secondary N) is 2. The van der Waals surface area contributed by atoms with E-state index in [9.17, 15) is 0 Å². The Morgan fingerprint density at radius 2 is 2.29 bits per heavy atom. The SMILES string of the molecule is CCCNC(=NCC(c1cccs1)N1CCOC(C)C1)NCC.I. The molecule has 0 radical (unpaired) electrons. The molecule has 1 aliphatic heterocycles. The molecule has 1 aromatic rings. The third-order valence-electron chi connectivity index (χ3n) is 3.89. The van der Waals surface area contributed by atoms with Gasteiger partial charge in [0.05, 0.1) is 25.3 Å². The topological polar surface area (TPSA) is 48.9 Å². The van der Waals surface area contributed by atoms with Gasteiger partial charge in [0.25, 0.3) is 0 Å². The number of morpholine rings is 1. The highest BCUT2D eigenvalue weighted by Crippen LogP contribution is 2.27. The Bertz CT molecular complexity index is 469. The molecule has 2 heterocycles. The Kier molecular flexibility index (Phi) is 10.9. The first-order chi connectivity index (χ1) is 11.2. The molecule has 1 aromatic heterocycles. The van der Waals surface area contributed by atoms with Gasteiger partial charge in [-0.15, -0.1) is 35.3 Å². The minimum absolute atomic E-state index is 0. The van der Waals surface area contributed by atoms with Crippen molar-refractivity contribution in [3.63, 3.8) is 0 Å². The second-order valence-corrected chi connectivity index (χ2v) is 6.83. The van der Waals surface area contributed by atoms with Gasteiger partial charge in [0.1, 0.15) is 0 Å². The second kappa shape index (κ2) is 12.1. The molecule has 24 heavy (non-hydrogen) atoms. The minimum atomic E-state index is 0. The molecule has 138 valence electrons. The van der Waals surface area contributed by atoms with Crippen molar-refractivity contribution < 1.29 is 4.74 Å². The molecule has 7 heteroatoms. The smallest absolute Gasteiger partial charge is 0.191 e. The number of rotatable bonds is 7. The van der Waals surface area contributed by atoms with Crippen LogP contribution >= 0.6 is 35.3 Å². The van der Waals surface area contributed by atoms with Crippen LogP contribution in [0.4, 0.5) is 0 Å². The molecular formula is C17H31IN4OS. The normalized spacial score (nSPS) is 20.3. The average Bonchev–Trinajstić information content (AvgIpc) is 3.07. The molecule has 5 nitrogen and oxygen atoms in total. The Morgan fingerprint density at radius 1 is 1.46 bits per heavy atom. The lowest BCUT2D eigenvalue weighted by Gasteiger charge is -2.36. The van der Waals surface area contributed by atoms with E-state index in [1.54, 1.807) is 0 Å². The van der Waals surface area contributed by atoms with Gasteiger partial charge >= 0.3 is 0 Å². The van der Waals surface area contributed by atoms with Crippen molar-refractivity contribution in [2.24, 2.45) is 4.99 Å². The van der Waals surface area contributed by atoms with E-state index < -0.39 is 0 Å². The lowest BCUT2D eigenvalue weighted by atomic mass is 10.1. The van der Waals surface area contributed by atoms with Gasteiger partial charge in [-0.25, -0.2) is 0 Å². The highest BCUT2D eigenvalue weighted by Gasteiger charge is 2.26. The number of nitrogens with zero attached hydrogens (tertiary/aromatic N) is 2. The molecule has 1 fully saturated rings. The van der Waals surface area contributed by atoms with Gasteiger partial charge in [-0.1, -0.05) is 13.0 Å². The summed E-state index contributed by atoms with van der Waals surface area (Å²) in [6, 6.07) is 4.68. The van der Waals surface area contributed by atoms with Crippen LogP contribution in [0.2, 0.25) is 0 Å². The molecule has 0 spiro atoms. The number of halogens is 1. The van der Waals surface area contributed by atoms with Crippen molar-refractivity contribution in [2.75, 3.05) is 39.3 Å². The lowest BCUT2D eigenvalue weighted by Crippen LogP contribution is -2.44. The lowest BCUT2D eigenvalue weighted by molar-refractivity contribution is -0.0327. The van der Waals surface area contributed by atoms with E-state index in [0.29, 0.717) is 12.1 Å². The Hall–Kier alpha value is -0.380. The fraction of sp³-hybridized carbons (Fsp3) is 0.706. The molecule has 0 amide bonds. The van der Waals surface area contributed by atoms with Crippen LogP contribution in [0.15, 0.2) is 22.5 Å². The number of aliphatic imine (C=N–C) groups is 1. The second-order valence-electron chi connectivity index (χ2n) is 5.85. The van der Waals surface area contributed by atoms with Crippen LogP contribution in [0.25, 0.3) is 0 Å². The van der Waals surface area contributed by atoms with E-state index in [-0.39, 0.29) is 24.0 Å². The largest absolute Gasteiger partial charge is 0.376 e. The van der Waals surface area contributed by atoms with E-state index in [1.165, 1.54) is 4.88 Å². The first-order valence-electron chi connectivity index (χ1n) is 8.65. The van der Waals surface area contributed by atoms with E-state index in [2.05, 4.69) is 53.8 Å². The summed E-state index contributed by atoms with van der Waals surface area (Å²) < 4.78 is 5.69. The third-order valence-corrected chi connectivity index (χ3v) is 4.87. The molecule has 2 unspecified atom stereocenters. The summed E-state index contributed by atoms with van der Waals surface area (Å²) in [5.74, 6) is 0.914. The maximum Gasteiger partial charge on any atom is 0.191 e. The summed E-state index contributed by atoms with van der Waals surface area (Å²) in [5.41, 5.74) is 0. The van der Waals surface area contributed by atoms with Crippen LogP contribution in [-0.4, -0.2) is 56.3 Å². The highest BCUT2D eigenvalue weighted by molar-refractivity contribution is 14.0. The molecule has 1 aliphatic rings. The third kappa shape index (κ3) is 6.85. The zero-order chi connectivity index (χ0) is 16.5. The molecule has 0 aliphatic carbocycles. The van der Waals surface area contributed by atoms with E-state index in [4.69, 9.17) is 9.73 Å². The zero-order valence-electron chi connectivity index (χ0n) is 15.0. The van der Waals surface area contributed by atoms with Gasteiger partial charge in [0.2, 0.25) is 0 Å². The van der Waals surface area contributed by atoms with Gasteiger partial charge in [-0.05, 0) is 31.7 Å². The fourth-order valence-corrected chi connectivity index (χ4v) is 3.61. The van der Waals surface area contributed by atoms with Crippen molar-refractivity contribution in [3.05, 3.63) is 22.4 Å². The minimum Gasteiger partial charge on any atom is -0.376 e. The van der Waals surface area contributed by atoms with Crippen molar-refractivity contribution >= 4 is 41.3 Å². The standard InChI is InChI=1S/C17H30N4OS.HI/c1-4-8-19-17(18-5-2)20-12-15(16-7-6-11-23-16)21-9-10-22-14(3)13-21;/h6-7,11,14-15H,4-5,8-10,12-13H2,1-3H3,(H2,18,19,20);1H. The first kappa shape index (κ1) is 21.7. The van der Waals surface area contributed by atoms with Crippen molar-refractivity contribution in [1.82, 2.24) is 15.5 Å². The summed E-state index contributed by atoms with van der Waals surface area (Å²) in [4.78, 5) is 8.72. The maximum absolute atomic E-state index is 5.69. The Labute approximate surface area is 167 Å². The molecule has 0 aromatic carbocycles. The number of hydrogen-bond acceptors (Lipinski definition) is 4. The average molecular weight is 466 g/mol. The number of thiophene rings is 1. The quantitative estimate of drug-likeness (QED) is 0.369. The van der Waals surface area contributed by atoms with Crippen LogP contribution in [0.3, 0.4) is 0 Å².